The van der Waals surface area contributed by atoms with Gasteiger partial charge in [0.15, 0.2) is 6.61 Å². The van der Waals surface area contributed by atoms with Gasteiger partial charge in [-0.2, -0.15) is 0 Å². The molecule has 2 aromatic carbocycles. The molecule has 0 saturated heterocycles. The number of esters is 1. The molecule has 0 radical (unpaired) electrons. The number of amides is 2. The van der Waals surface area contributed by atoms with E-state index in [9.17, 15) is 18.8 Å². The zero-order chi connectivity index (χ0) is 20.6. The first-order valence-corrected chi connectivity index (χ1v) is 10.4. The summed E-state index contributed by atoms with van der Waals surface area (Å²) in [5.41, 5.74) is 3.32. The topological polar surface area (TPSA) is 84.5 Å². The third-order valence-electron chi connectivity index (χ3n) is 4.35. The van der Waals surface area contributed by atoms with Gasteiger partial charge in [-0.3, -0.25) is 14.4 Å². The molecule has 0 bridgehead atoms. The number of hydrogen-bond acceptors (Lipinski definition) is 5. The van der Waals surface area contributed by atoms with Crippen molar-refractivity contribution in [2.75, 3.05) is 28.7 Å². The minimum Gasteiger partial charge on any atom is -0.455 e. The van der Waals surface area contributed by atoms with Crippen LogP contribution in [0.4, 0.5) is 15.8 Å². The van der Waals surface area contributed by atoms with Crippen LogP contribution in [-0.2, 0) is 32.0 Å². The van der Waals surface area contributed by atoms with Gasteiger partial charge in [0.1, 0.15) is 5.82 Å². The Bertz CT molecular complexity index is 919. The van der Waals surface area contributed by atoms with Crippen molar-refractivity contribution in [2.45, 2.75) is 19.3 Å². The molecule has 2 amide bonds. The maximum Gasteiger partial charge on any atom is 0.316 e. The van der Waals surface area contributed by atoms with Crippen LogP contribution in [0.3, 0.4) is 0 Å². The van der Waals surface area contributed by atoms with Crippen molar-refractivity contribution < 1.29 is 23.5 Å². The average molecular weight is 416 g/mol. The maximum absolute atomic E-state index is 13.5. The molecular formula is C21H21FN2O4S. The van der Waals surface area contributed by atoms with Crippen LogP contribution in [0.25, 0.3) is 0 Å². The van der Waals surface area contributed by atoms with E-state index in [1.54, 1.807) is 6.07 Å². The fraction of sp³-hybridized carbons (Fsp3) is 0.286. The third kappa shape index (κ3) is 6.32. The maximum atomic E-state index is 13.5. The highest BCUT2D eigenvalue weighted by Crippen LogP contribution is 2.24. The summed E-state index contributed by atoms with van der Waals surface area (Å²) in [6.45, 7) is -0.391. The molecule has 152 valence electrons. The van der Waals surface area contributed by atoms with E-state index in [1.165, 1.54) is 29.3 Å². The van der Waals surface area contributed by atoms with Gasteiger partial charge < -0.3 is 15.4 Å². The van der Waals surface area contributed by atoms with Crippen molar-refractivity contribution in [3.8, 4) is 0 Å². The molecule has 0 saturated carbocycles. The SMILES string of the molecule is O=C(COC(=O)CSCC(=O)Nc1ccccc1F)Nc1ccc2c(c1)CCC2. The number of halogens is 1. The number of para-hydroxylation sites is 1. The first-order valence-electron chi connectivity index (χ1n) is 9.20. The van der Waals surface area contributed by atoms with Crippen molar-refractivity contribution >= 4 is 40.9 Å². The Morgan fingerprint density at radius 2 is 1.76 bits per heavy atom. The molecule has 0 heterocycles. The smallest absolute Gasteiger partial charge is 0.316 e. The fourth-order valence-corrected chi connectivity index (χ4v) is 3.62. The van der Waals surface area contributed by atoms with E-state index in [1.807, 2.05) is 18.2 Å². The van der Waals surface area contributed by atoms with Crippen molar-refractivity contribution in [1.82, 2.24) is 0 Å². The number of anilines is 2. The summed E-state index contributed by atoms with van der Waals surface area (Å²) in [4.78, 5) is 35.5. The van der Waals surface area contributed by atoms with Gasteiger partial charge >= 0.3 is 5.97 Å². The van der Waals surface area contributed by atoms with Gasteiger partial charge in [0.05, 0.1) is 17.2 Å². The van der Waals surface area contributed by atoms with Crippen molar-refractivity contribution in [2.24, 2.45) is 0 Å². The van der Waals surface area contributed by atoms with Crippen LogP contribution in [0.5, 0.6) is 0 Å². The van der Waals surface area contributed by atoms with Gasteiger partial charge in [0.25, 0.3) is 5.91 Å². The number of fused-ring (bicyclic) bond motifs is 1. The van der Waals surface area contributed by atoms with E-state index < -0.39 is 30.2 Å². The number of thioether (sulfide) groups is 1. The van der Waals surface area contributed by atoms with Crippen molar-refractivity contribution in [1.29, 1.82) is 0 Å². The van der Waals surface area contributed by atoms with Crippen LogP contribution in [0.1, 0.15) is 17.5 Å². The second-order valence-electron chi connectivity index (χ2n) is 6.57. The monoisotopic (exact) mass is 416 g/mol. The molecule has 0 aliphatic heterocycles. The minimum atomic E-state index is -0.599. The second-order valence-corrected chi connectivity index (χ2v) is 7.55. The van der Waals surface area contributed by atoms with Gasteiger partial charge in [-0.15, -0.1) is 11.8 Å². The lowest BCUT2D eigenvalue weighted by Gasteiger charge is -2.08. The summed E-state index contributed by atoms with van der Waals surface area (Å²) < 4.78 is 18.4. The van der Waals surface area contributed by atoms with E-state index >= 15 is 0 Å². The highest BCUT2D eigenvalue weighted by molar-refractivity contribution is 8.00. The molecule has 29 heavy (non-hydrogen) atoms. The Kier molecular flexibility index (Phi) is 7.24. The van der Waals surface area contributed by atoms with E-state index in [0.29, 0.717) is 5.69 Å². The quantitative estimate of drug-likeness (QED) is 0.646. The molecule has 2 aromatic rings. The number of rotatable bonds is 8. The van der Waals surface area contributed by atoms with Gasteiger partial charge in [-0.05, 0) is 54.7 Å². The summed E-state index contributed by atoms with van der Waals surface area (Å²) in [7, 11) is 0. The van der Waals surface area contributed by atoms with Gasteiger partial charge in [0, 0.05) is 5.69 Å². The van der Waals surface area contributed by atoms with E-state index in [2.05, 4.69) is 10.6 Å². The van der Waals surface area contributed by atoms with E-state index in [-0.39, 0.29) is 17.2 Å². The van der Waals surface area contributed by atoms with E-state index in [0.717, 1.165) is 31.0 Å². The van der Waals surface area contributed by atoms with Crippen LogP contribution >= 0.6 is 11.8 Å². The van der Waals surface area contributed by atoms with Crippen LogP contribution in [0, 0.1) is 5.82 Å². The zero-order valence-corrected chi connectivity index (χ0v) is 16.5. The largest absolute Gasteiger partial charge is 0.455 e. The fourth-order valence-electron chi connectivity index (χ4n) is 3.01. The van der Waals surface area contributed by atoms with Gasteiger partial charge in [0.2, 0.25) is 5.91 Å². The highest BCUT2D eigenvalue weighted by Gasteiger charge is 2.13. The minimum absolute atomic E-state index is 0.0369. The number of carbonyl (C=O) groups excluding carboxylic acids is 3. The lowest BCUT2D eigenvalue weighted by molar-refractivity contribution is -0.144. The Labute approximate surface area is 172 Å². The summed E-state index contributed by atoms with van der Waals surface area (Å²) in [5.74, 6) is -2.10. The molecule has 0 unspecified atom stereocenters. The van der Waals surface area contributed by atoms with Gasteiger partial charge in [-0.25, -0.2) is 4.39 Å². The van der Waals surface area contributed by atoms with Crippen molar-refractivity contribution in [3.05, 3.63) is 59.4 Å². The Balaban J connectivity index is 1.33. The Morgan fingerprint density at radius 1 is 0.966 bits per heavy atom. The number of carbonyl (C=O) groups is 3. The predicted octanol–water partition coefficient (Wildman–Crippen LogP) is 3.17. The molecule has 6 nitrogen and oxygen atoms in total. The summed E-state index contributed by atoms with van der Waals surface area (Å²) >= 11 is 1.02. The zero-order valence-electron chi connectivity index (χ0n) is 15.7. The number of aryl methyl sites for hydroxylation is 2. The Morgan fingerprint density at radius 3 is 2.59 bits per heavy atom. The summed E-state index contributed by atoms with van der Waals surface area (Å²) in [6, 6.07) is 11.6. The first-order chi connectivity index (χ1) is 14.0. The molecule has 0 atom stereocenters. The van der Waals surface area contributed by atoms with E-state index in [4.69, 9.17) is 4.74 Å². The average Bonchev–Trinajstić information content (AvgIpc) is 3.16. The predicted molar refractivity (Wildman–Crippen MR) is 110 cm³/mol. The number of benzene rings is 2. The van der Waals surface area contributed by atoms with Crippen molar-refractivity contribution in [3.63, 3.8) is 0 Å². The summed E-state index contributed by atoms with van der Waals surface area (Å²) in [5, 5.41) is 5.14. The molecule has 2 N–H and O–H groups in total. The van der Waals surface area contributed by atoms with Crippen LogP contribution in [0.15, 0.2) is 42.5 Å². The van der Waals surface area contributed by atoms with Gasteiger partial charge in [-0.1, -0.05) is 18.2 Å². The summed E-state index contributed by atoms with van der Waals surface area (Å²) in [6.07, 6.45) is 3.20. The second kappa shape index (κ2) is 10.1. The standard InChI is InChI=1S/C21H21FN2O4S/c22-17-6-1-2-7-18(17)24-20(26)12-29-13-21(27)28-11-19(25)23-16-9-8-14-4-3-5-15(14)10-16/h1-2,6-10H,3-5,11-13H2,(H,23,25)(H,24,26). The normalized spacial score (nSPS) is 12.2. The third-order valence-corrected chi connectivity index (χ3v) is 5.25. The van der Waals surface area contributed by atoms with Crippen LogP contribution in [0.2, 0.25) is 0 Å². The molecule has 1 aliphatic rings. The molecule has 0 aromatic heterocycles. The first kappa shape index (κ1) is 20.9. The number of nitrogens with one attached hydrogen (secondary N) is 2. The number of hydrogen-bond donors (Lipinski definition) is 2. The molecule has 8 heteroatoms. The molecule has 0 spiro atoms. The molecule has 3 rings (SSSR count). The molecule has 0 fully saturated rings. The molecule has 1 aliphatic carbocycles. The highest BCUT2D eigenvalue weighted by atomic mass is 32.2. The van der Waals surface area contributed by atoms with Crippen LogP contribution in [-0.4, -0.2) is 35.9 Å². The lowest BCUT2D eigenvalue weighted by atomic mass is 10.1. The van der Waals surface area contributed by atoms with Crippen LogP contribution < -0.4 is 10.6 Å². The molecular weight excluding hydrogens is 395 g/mol. The number of ether oxygens (including phenoxy) is 1. The Hall–Kier alpha value is -2.87. The lowest BCUT2D eigenvalue weighted by Crippen LogP contribution is -2.22.